The van der Waals surface area contributed by atoms with Gasteiger partial charge in [-0.2, -0.15) is 0 Å². The Bertz CT molecular complexity index is 350. The second-order valence-corrected chi connectivity index (χ2v) is 3.95. The van der Waals surface area contributed by atoms with Gasteiger partial charge in [-0.05, 0) is 25.5 Å². The quantitative estimate of drug-likeness (QED) is 0.729. The lowest BCUT2D eigenvalue weighted by molar-refractivity contribution is 0.111. The first-order valence-electron chi connectivity index (χ1n) is 5.06. The molecule has 0 radical (unpaired) electrons. The molecule has 2 atom stereocenters. The number of rotatable bonds is 2. The van der Waals surface area contributed by atoms with Crippen molar-refractivity contribution in [2.45, 2.75) is 25.5 Å². The number of aldehydes is 1. The highest BCUT2D eigenvalue weighted by Gasteiger charge is 2.27. The molecule has 0 aromatic carbocycles. The van der Waals surface area contributed by atoms with Crippen LogP contribution in [0.4, 0.5) is 5.69 Å². The molecule has 80 valence electrons. The number of nitrogens with zero attached hydrogens (tertiary/aromatic N) is 2. The van der Waals surface area contributed by atoms with Gasteiger partial charge in [-0.3, -0.25) is 9.78 Å². The minimum Gasteiger partial charge on any atom is -0.391 e. The predicted molar refractivity (Wildman–Crippen MR) is 57.1 cm³/mol. The standard InChI is InChI=1S/C11H14N2O2/c1-8-4-11(15)6-13(8)10-3-2-9(7-14)12-5-10/h2-3,5,7-8,11,15H,4,6H2,1H3. The summed E-state index contributed by atoms with van der Waals surface area (Å²) in [6.07, 6.45) is 2.94. The number of anilines is 1. The maximum absolute atomic E-state index is 10.4. The second-order valence-electron chi connectivity index (χ2n) is 3.95. The predicted octanol–water partition coefficient (Wildman–Crippen LogP) is 0.854. The van der Waals surface area contributed by atoms with Crippen LogP contribution in [0, 0.1) is 0 Å². The van der Waals surface area contributed by atoms with Crippen LogP contribution in [-0.2, 0) is 0 Å². The van der Waals surface area contributed by atoms with Crippen molar-refractivity contribution in [1.82, 2.24) is 4.98 Å². The van der Waals surface area contributed by atoms with E-state index in [0.29, 0.717) is 18.3 Å². The van der Waals surface area contributed by atoms with E-state index in [0.717, 1.165) is 18.4 Å². The number of carbonyl (C=O) groups is 1. The van der Waals surface area contributed by atoms with Crippen LogP contribution in [0.15, 0.2) is 18.3 Å². The highest BCUT2D eigenvalue weighted by molar-refractivity contribution is 5.72. The number of aliphatic hydroxyl groups excluding tert-OH is 1. The maximum atomic E-state index is 10.4. The van der Waals surface area contributed by atoms with Crippen molar-refractivity contribution in [3.63, 3.8) is 0 Å². The van der Waals surface area contributed by atoms with Gasteiger partial charge in [0.15, 0.2) is 6.29 Å². The third-order valence-corrected chi connectivity index (χ3v) is 2.78. The number of hydrogen-bond donors (Lipinski definition) is 1. The molecule has 1 aliphatic heterocycles. The molecule has 15 heavy (non-hydrogen) atoms. The summed E-state index contributed by atoms with van der Waals surface area (Å²) in [4.78, 5) is 16.6. The van der Waals surface area contributed by atoms with Crippen LogP contribution >= 0.6 is 0 Å². The Morgan fingerprint density at radius 3 is 2.87 bits per heavy atom. The lowest BCUT2D eigenvalue weighted by atomic mass is 10.2. The van der Waals surface area contributed by atoms with Gasteiger partial charge in [0, 0.05) is 12.6 Å². The van der Waals surface area contributed by atoms with Crippen LogP contribution < -0.4 is 4.90 Å². The molecule has 0 bridgehead atoms. The van der Waals surface area contributed by atoms with Gasteiger partial charge in [-0.15, -0.1) is 0 Å². The molecule has 4 nitrogen and oxygen atoms in total. The lowest BCUT2D eigenvalue weighted by Gasteiger charge is -2.22. The van der Waals surface area contributed by atoms with Crippen molar-refractivity contribution in [3.05, 3.63) is 24.0 Å². The fourth-order valence-corrected chi connectivity index (χ4v) is 2.00. The minimum atomic E-state index is -0.259. The number of carbonyl (C=O) groups excluding carboxylic acids is 1. The monoisotopic (exact) mass is 206 g/mol. The van der Waals surface area contributed by atoms with Crippen molar-refractivity contribution in [3.8, 4) is 0 Å². The fourth-order valence-electron chi connectivity index (χ4n) is 2.00. The molecule has 1 aromatic heterocycles. The number of aliphatic hydroxyl groups is 1. The molecule has 2 rings (SSSR count). The van der Waals surface area contributed by atoms with E-state index in [4.69, 9.17) is 0 Å². The largest absolute Gasteiger partial charge is 0.391 e. The summed E-state index contributed by atoms with van der Waals surface area (Å²) in [6, 6.07) is 3.88. The SMILES string of the molecule is CC1CC(O)CN1c1ccc(C=O)nc1. The van der Waals surface area contributed by atoms with Gasteiger partial charge in [-0.1, -0.05) is 0 Å². The van der Waals surface area contributed by atoms with Crippen LogP contribution in [0.2, 0.25) is 0 Å². The Kier molecular flexibility index (Phi) is 2.68. The molecule has 2 heterocycles. The summed E-state index contributed by atoms with van der Waals surface area (Å²) in [6.45, 7) is 2.72. The molecule has 1 fully saturated rings. The molecule has 2 unspecified atom stereocenters. The zero-order valence-corrected chi connectivity index (χ0v) is 8.63. The minimum absolute atomic E-state index is 0.259. The summed E-state index contributed by atoms with van der Waals surface area (Å²) in [5.41, 5.74) is 1.40. The van der Waals surface area contributed by atoms with Gasteiger partial charge < -0.3 is 10.0 Å². The average molecular weight is 206 g/mol. The van der Waals surface area contributed by atoms with Crippen molar-refractivity contribution in [1.29, 1.82) is 0 Å². The molecule has 0 saturated carbocycles. The average Bonchev–Trinajstić information content (AvgIpc) is 2.58. The van der Waals surface area contributed by atoms with E-state index >= 15 is 0 Å². The van der Waals surface area contributed by atoms with Crippen LogP contribution in [-0.4, -0.2) is 35.1 Å². The molecule has 0 amide bonds. The molecule has 1 saturated heterocycles. The smallest absolute Gasteiger partial charge is 0.168 e. The Morgan fingerprint density at radius 2 is 2.40 bits per heavy atom. The van der Waals surface area contributed by atoms with Crippen LogP contribution in [0.5, 0.6) is 0 Å². The van der Waals surface area contributed by atoms with E-state index in [-0.39, 0.29) is 6.10 Å². The molecular weight excluding hydrogens is 192 g/mol. The zero-order chi connectivity index (χ0) is 10.8. The molecular formula is C11H14N2O2. The first kappa shape index (κ1) is 10.1. The van der Waals surface area contributed by atoms with Crippen molar-refractivity contribution in [2.75, 3.05) is 11.4 Å². The summed E-state index contributed by atoms with van der Waals surface area (Å²) >= 11 is 0. The Hall–Kier alpha value is -1.42. The van der Waals surface area contributed by atoms with E-state index < -0.39 is 0 Å². The van der Waals surface area contributed by atoms with Gasteiger partial charge >= 0.3 is 0 Å². The molecule has 0 spiro atoms. The third-order valence-electron chi connectivity index (χ3n) is 2.78. The fraction of sp³-hybridized carbons (Fsp3) is 0.455. The summed E-state index contributed by atoms with van der Waals surface area (Å²) in [5, 5.41) is 9.51. The number of aromatic nitrogens is 1. The van der Waals surface area contributed by atoms with Gasteiger partial charge in [0.05, 0.1) is 18.0 Å². The number of pyridine rings is 1. The van der Waals surface area contributed by atoms with Crippen molar-refractivity contribution in [2.24, 2.45) is 0 Å². The highest BCUT2D eigenvalue weighted by Crippen LogP contribution is 2.24. The Morgan fingerprint density at radius 1 is 1.60 bits per heavy atom. The molecule has 0 aliphatic carbocycles. The van der Waals surface area contributed by atoms with E-state index in [2.05, 4.69) is 16.8 Å². The molecule has 4 heteroatoms. The second kappa shape index (κ2) is 3.98. The zero-order valence-electron chi connectivity index (χ0n) is 8.63. The first-order valence-corrected chi connectivity index (χ1v) is 5.06. The van der Waals surface area contributed by atoms with Gasteiger partial charge in [0.1, 0.15) is 5.69 Å². The van der Waals surface area contributed by atoms with E-state index in [1.54, 1.807) is 12.3 Å². The first-order chi connectivity index (χ1) is 7.20. The van der Waals surface area contributed by atoms with E-state index in [9.17, 15) is 9.90 Å². The Labute approximate surface area is 88.6 Å². The number of hydrogen-bond acceptors (Lipinski definition) is 4. The molecule has 1 aliphatic rings. The van der Waals surface area contributed by atoms with Crippen molar-refractivity contribution >= 4 is 12.0 Å². The summed E-state index contributed by atoms with van der Waals surface area (Å²) in [5.74, 6) is 0. The van der Waals surface area contributed by atoms with Crippen molar-refractivity contribution < 1.29 is 9.90 Å². The van der Waals surface area contributed by atoms with Gasteiger partial charge in [0.25, 0.3) is 0 Å². The van der Waals surface area contributed by atoms with E-state index in [1.807, 2.05) is 6.07 Å². The third kappa shape index (κ3) is 1.99. The summed E-state index contributed by atoms with van der Waals surface area (Å²) < 4.78 is 0. The summed E-state index contributed by atoms with van der Waals surface area (Å²) in [7, 11) is 0. The lowest BCUT2D eigenvalue weighted by Crippen LogP contribution is -2.27. The highest BCUT2D eigenvalue weighted by atomic mass is 16.3. The Balaban J connectivity index is 2.18. The van der Waals surface area contributed by atoms with Gasteiger partial charge in [-0.25, -0.2) is 0 Å². The van der Waals surface area contributed by atoms with E-state index in [1.165, 1.54) is 0 Å². The topological polar surface area (TPSA) is 53.4 Å². The van der Waals surface area contributed by atoms with Gasteiger partial charge in [0.2, 0.25) is 0 Å². The van der Waals surface area contributed by atoms with Crippen LogP contribution in [0.3, 0.4) is 0 Å². The van der Waals surface area contributed by atoms with Crippen LogP contribution in [0.25, 0.3) is 0 Å². The number of β-amino-alcohol motifs (C(OH)–C–C–N with tert-alkyl or cyclic N) is 1. The molecule has 1 aromatic rings. The maximum Gasteiger partial charge on any atom is 0.168 e. The molecule has 1 N–H and O–H groups in total. The van der Waals surface area contributed by atoms with Crippen LogP contribution in [0.1, 0.15) is 23.8 Å². The normalized spacial score (nSPS) is 25.6.